The Kier molecular flexibility index (Phi) is 7.26. The smallest absolute Gasteiger partial charge is 0.0558 e. The van der Waals surface area contributed by atoms with Crippen LogP contribution in [0.5, 0.6) is 0 Å². The Morgan fingerprint density at radius 2 is 1.92 bits per heavy atom. The molecule has 1 atom stereocenters. The third-order valence-corrected chi connectivity index (χ3v) is 1.90. The van der Waals surface area contributed by atoms with Crippen LogP contribution in [0.2, 0.25) is 0 Å². The largest absolute Gasteiger partial charge is 0.395 e. The fraction of sp³-hybridized carbons (Fsp3) is 0.455. The Morgan fingerprint density at radius 1 is 1.23 bits per heavy atom. The monoisotopic (exact) mass is 181 g/mol. The molecule has 74 valence electrons. The van der Waals surface area contributed by atoms with Crippen molar-refractivity contribution in [3.8, 4) is 0 Å². The quantitative estimate of drug-likeness (QED) is 0.575. The van der Waals surface area contributed by atoms with Crippen molar-refractivity contribution in [3.05, 3.63) is 38.0 Å². The molecule has 13 heavy (non-hydrogen) atoms. The van der Waals surface area contributed by atoms with Gasteiger partial charge in [-0.2, -0.15) is 0 Å². The average Bonchev–Trinajstić information content (AvgIpc) is 2.14. The van der Waals surface area contributed by atoms with Gasteiger partial charge in [0.2, 0.25) is 0 Å². The maximum atomic E-state index is 8.84. The van der Waals surface area contributed by atoms with E-state index in [1.807, 2.05) is 18.2 Å². The van der Waals surface area contributed by atoms with E-state index in [2.05, 4.69) is 24.6 Å². The second-order valence-corrected chi connectivity index (χ2v) is 2.83. The molecule has 0 aliphatic heterocycles. The Morgan fingerprint density at radius 3 is 2.31 bits per heavy atom. The SMILES string of the molecule is C=CCC(C=C)N(CC=C)CCO. The van der Waals surface area contributed by atoms with Gasteiger partial charge >= 0.3 is 0 Å². The van der Waals surface area contributed by atoms with Crippen LogP contribution in [-0.2, 0) is 0 Å². The van der Waals surface area contributed by atoms with Crippen LogP contribution in [0.15, 0.2) is 38.0 Å². The van der Waals surface area contributed by atoms with Gasteiger partial charge < -0.3 is 5.11 Å². The van der Waals surface area contributed by atoms with Gasteiger partial charge in [0.25, 0.3) is 0 Å². The highest BCUT2D eigenvalue weighted by Gasteiger charge is 2.11. The van der Waals surface area contributed by atoms with E-state index in [0.29, 0.717) is 6.54 Å². The van der Waals surface area contributed by atoms with Crippen molar-refractivity contribution in [2.45, 2.75) is 12.5 Å². The molecule has 2 nitrogen and oxygen atoms in total. The second-order valence-electron chi connectivity index (χ2n) is 2.83. The summed E-state index contributed by atoms with van der Waals surface area (Å²) in [5.41, 5.74) is 0. The van der Waals surface area contributed by atoms with Gasteiger partial charge in [0.1, 0.15) is 0 Å². The van der Waals surface area contributed by atoms with Crippen molar-refractivity contribution < 1.29 is 5.11 Å². The molecule has 1 unspecified atom stereocenters. The van der Waals surface area contributed by atoms with E-state index < -0.39 is 0 Å². The molecule has 0 amide bonds. The Hall–Kier alpha value is -0.860. The van der Waals surface area contributed by atoms with Crippen LogP contribution in [0.25, 0.3) is 0 Å². The Bertz CT molecular complexity index is 165. The van der Waals surface area contributed by atoms with E-state index in [1.165, 1.54) is 0 Å². The number of nitrogens with zero attached hydrogens (tertiary/aromatic N) is 1. The minimum atomic E-state index is 0.162. The van der Waals surface area contributed by atoms with E-state index in [9.17, 15) is 0 Å². The summed E-state index contributed by atoms with van der Waals surface area (Å²) >= 11 is 0. The predicted octanol–water partition coefficient (Wildman–Crippen LogP) is 1.60. The van der Waals surface area contributed by atoms with Crippen molar-refractivity contribution in [1.82, 2.24) is 4.90 Å². The molecule has 2 heteroatoms. The van der Waals surface area contributed by atoms with Crippen LogP contribution < -0.4 is 0 Å². The highest BCUT2D eigenvalue weighted by molar-refractivity contribution is 4.94. The molecule has 1 N–H and O–H groups in total. The molecule has 0 heterocycles. The van der Waals surface area contributed by atoms with Crippen molar-refractivity contribution >= 4 is 0 Å². The first-order valence-corrected chi connectivity index (χ1v) is 4.49. The molecule has 0 aromatic rings. The van der Waals surface area contributed by atoms with Crippen LogP contribution in [-0.4, -0.2) is 35.7 Å². The summed E-state index contributed by atoms with van der Waals surface area (Å²) in [5.74, 6) is 0. The number of hydrogen-bond donors (Lipinski definition) is 1. The zero-order chi connectivity index (χ0) is 10.1. The van der Waals surface area contributed by atoms with Gasteiger partial charge in [-0.3, -0.25) is 4.90 Å². The van der Waals surface area contributed by atoms with Crippen LogP contribution in [0, 0.1) is 0 Å². The van der Waals surface area contributed by atoms with Gasteiger partial charge in [-0.05, 0) is 6.42 Å². The van der Waals surface area contributed by atoms with Crippen LogP contribution >= 0.6 is 0 Å². The van der Waals surface area contributed by atoms with Crippen LogP contribution in [0.3, 0.4) is 0 Å². The van der Waals surface area contributed by atoms with E-state index in [-0.39, 0.29) is 12.6 Å². The molecule has 0 aromatic carbocycles. The first kappa shape index (κ1) is 12.1. The lowest BCUT2D eigenvalue weighted by Gasteiger charge is -2.26. The van der Waals surface area contributed by atoms with Crippen molar-refractivity contribution in [2.75, 3.05) is 19.7 Å². The van der Waals surface area contributed by atoms with Gasteiger partial charge in [0.05, 0.1) is 6.61 Å². The normalized spacial score (nSPS) is 12.5. The van der Waals surface area contributed by atoms with Gasteiger partial charge in [0, 0.05) is 19.1 Å². The average molecular weight is 181 g/mol. The number of hydrogen-bond acceptors (Lipinski definition) is 2. The third kappa shape index (κ3) is 4.65. The molecule has 0 aliphatic carbocycles. The molecule has 0 saturated carbocycles. The molecule has 0 radical (unpaired) electrons. The number of aliphatic hydroxyl groups excluding tert-OH is 1. The van der Waals surface area contributed by atoms with Crippen molar-refractivity contribution in [3.63, 3.8) is 0 Å². The third-order valence-electron chi connectivity index (χ3n) is 1.90. The summed E-state index contributed by atoms with van der Waals surface area (Å²) in [5, 5.41) is 8.84. The number of rotatable bonds is 8. The minimum absolute atomic E-state index is 0.162. The van der Waals surface area contributed by atoms with Gasteiger partial charge in [-0.15, -0.1) is 19.7 Å². The Balaban J connectivity index is 4.17. The van der Waals surface area contributed by atoms with Gasteiger partial charge in [0.15, 0.2) is 0 Å². The molecular formula is C11H19NO. The molecule has 0 aliphatic rings. The van der Waals surface area contributed by atoms with Gasteiger partial charge in [-0.1, -0.05) is 18.2 Å². The maximum Gasteiger partial charge on any atom is 0.0558 e. The molecule has 0 bridgehead atoms. The molecule has 0 rings (SSSR count). The summed E-state index contributed by atoms with van der Waals surface area (Å²) in [7, 11) is 0. The topological polar surface area (TPSA) is 23.5 Å². The predicted molar refractivity (Wildman–Crippen MR) is 57.7 cm³/mol. The van der Waals surface area contributed by atoms with Gasteiger partial charge in [-0.25, -0.2) is 0 Å². The first-order chi connectivity index (χ1) is 6.29. The molecular weight excluding hydrogens is 162 g/mol. The Labute approximate surface area is 80.9 Å². The van der Waals surface area contributed by atoms with E-state index in [1.54, 1.807) is 0 Å². The highest BCUT2D eigenvalue weighted by atomic mass is 16.3. The van der Waals surface area contributed by atoms with Crippen LogP contribution in [0.1, 0.15) is 6.42 Å². The number of aliphatic hydroxyl groups is 1. The fourth-order valence-corrected chi connectivity index (χ4v) is 1.25. The molecule has 0 spiro atoms. The van der Waals surface area contributed by atoms with Crippen molar-refractivity contribution in [1.29, 1.82) is 0 Å². The first-order valence-electron chi connectivity index (χ1n) is 4.49. The summed E-state index contributed by atoms with van der Waals surface area (Å²) < 4.78 is 0. The highest BCUT2D eigenvalue weighted by Crippen LogP contribution is 2.05. The maximum absolute atomic E-state index is 8.84. The summed E-state index contributed by atoms with van der Waals surface area (Å²) in [6.07, 6.45) is 6.42. The second kappa shape index (κ2) is 7.77. The summed E-state index contributed by atoms with van der Waals surface area (Å²) in [4.78, 5) is 2.11. The lowest BCUT2D eigenvalue weighted by molar-refractivity contribution is 0.185. The zero-order valence-corrected chi connectivity index (χ0v) is 8.15. The van der Waals surface area contributed by atoms with E-state index in [0.717, 1.165) is 13.0 Å². The standard InChI is InChI=1S/C11H19NO/c1-4-7-11(6-3)12(8-5-2)9-10-13/h4-6,11,13H,1-3,7-10H2. The fourth-order valence-electron chi connectivity index (χ4n) is 1.25. The molecule has 0 aromatic heterocycles. The molecule has 0 saturated heterocycles. The molecule has 0 fully saturated rings. The lowest BCUT2D eigenvalue weighted by Crippen LogP contribution is -2.35. The zero-order valence-electron chi connectivity index (χ0n) is 8.15. The summed E-state index contributed by atoms with van der Waals surface area (Å²) in [6.45, 7) is 12.7. The van der Waals surface area contributed by atoms with Crippen LogP contribution in [0.4, 0.5) is 0 Å². The van der Waals surface area contributed by atoms with E-state index in [4.69, 9.17) is 5.11 Å². The van der Waals surface area contributed by atoms with Crippen molar-refractivity contribution in [2.24, 2.45) is 0 Å². The summed E-state index contributed by atoms with van der Waals surface area (Å²) in [6, 6.07) is 0.252. The lowest BCUT2D eigenvalue weighted by atomic mass is 10.1. The minimum Gasteiger partial charge on any atom is -0.395 e. The van der Waals surface area contributed by atoms with E-state index >= 15 is 0 Å².